The van der Waals surface area contributed by atoms with Crippen molar-refractivity contribution >= 4 is 5.96 Å². The summed E-state index contributed by atoms with van der Waals surface area (Å²) in [6.07, 6.45) is 1.75. The summed E-state index contributed by atoms with van der Waals surface area (Å²) in [5, 5.41) is 6.62. The van der Waals surface area contributed by atoms with Gasteiger partial charge in [0.15, 0.2) is 5.96 Å². The van der Waals surface area contributed by atoms with Crippen molar-refractivity contribution in [2.45, 2.75) is 25.2 Å². The Morgan fingerprint density at radius 2 is 1.79 bits per heavy atom. The van der Waals surface area contributed by atoms with Crippen LogP contribution in [0.1, 0.15) is 25.3 Å². The van der Waals surface area contributed by atoms with Gasteiger partial charge in [0.2, 0.25) is 0 Å². The highest BCUT2D eigenvalue weighted by Crippen LogP contribution is 2.35. The van der Waals surface area contributed by atoms with Gasteiger partial charge >= 0.3 is 0 Å². The number of aliphatic imine (C=N–C) groups is 1. The third-order valence-corrected chi connectivity index (χ3v) is 5.20. The lowest BCUT2D eigenvalue weighted by molar-refractivity contribution is 0.0531. The Labute approximate surface area is 172 Å². The van der Waals surface area contributed by atoms with Gasteiger partial charge in [0, 0.05) is 25.2 Å². The average Bonchev–Trinajstić information content (AvgIpc) is 2.77. The number of guanidine groups is 1. The molecule has 5 nitrogen and oxygen atoms in total. The molecule has 1 saturated heterocycles. The quantitative estimate of drug-likeness (QED) is 0.405. The molecule has 2 aromatic rings. The fourth-order valence-electron chi connectivity index (χ4n) is 3.53. The zero-order valence-corrected chi connectivity index (χ0v) is 17.0. The van der Waals surface area contributed by atoms with Crippen molar-refractivity contribution in [3.63, 3.8) is 0 Å². The van der Waals surface area contributed by atoms with E-state index >= 15 is 0 Å². The van der Waals surface area contributed by atoms with Crippen molar-refractivity contribution in [2.75, 3.05) is 39.5 Å². The van der Waals surface area contributed by atoms with E-state index in [1.807, 2.05) is 49.4 Å². The van der Waals surface area contributed by atoms with E-state index < -0.39 is 0 Å². The Morgan fingerprint density at radius 3 is 2.48 bits per heavy atom. The molecule has 1 heterocycles. The SMILES string of the molecule is CCNC(=NCC1(c2ccc(F)cc2)CCOCC1)NCCOc1ccccc1. The molecular formula is C23H30FN3O2. The van der Waals surface area contributed by atoms with Crippen LogP contribution in [-0.2, 0) is 10.2 Å². The molecule has 0 aromatic heterocycles. The van der Waals surface area contributed by atoms with Gasteiger partial charge < -0.3 is 20.1 Å². The molecule has 1 aliphatic heterocycles. The predicted octanol–water partition coefficient (Wildman–Crippen LogP) is 3.51. The Kier molecular flexibility index (Phi) is 7.87. The highest BCUT2D eigenvalue weighted by Gasteiger charge is 2.34. The van der Waals surface area contributed by atoms with E-state index in [1.54, 1.807) is 0 Å². The monoisotopic (exact) mass is 399 g/mol. The average molecular weight is 400 g/mol. The summed E-state index contributed by atoms with van der Waals surface area (Å²) >= 11 is 0. The number of rotatable bonds is 8. The lowest BCUT2D eigenvalue weighted by atomic mass is 9.74. The second kappa shape index (κ2) is 10.8. The molecule has 3 rings (SSSR count). The first-order chi connectivity index (χ1) is 14.2. The van der Waals surface area contributed by atoms with Crippen LogP contribution in [0.25, 0.3) is 0 Å². The predicted molar refractivity (Wildman–Crippen MR) is 114 cm³/mol. The van der Waals surface area contributed by atoms with Crippen LogP contribution in [0.4, 0.5) is 4.39 Å². The standard InChI is InChI=1S/C23H30FN3O2/c1-2-25-22(26-14-17-29-21-6-4-3-5-7-21)27-18-23(12-15-28-16-13-23)19-8-10-20(24)11-9-19/h3-11H,2,12-18H2,1H3,(H2,25,26,27). The molecule has 29 heavy (non-hydrogen) atoms. The van der Waals surface area contributed by atoms with Crippen molar-refractivity contribution < 1.29 is 13.9 Å². The van der Waals surface area contributed by atoms with Gasteiger partial charge in [-0.3, -0.25) is 4.99 Å². The normalized spacial score (nSPS) is 16.3. The molecule has 0 atom stereocenters. The number of hydrogen-bond donors (Lipinski definition) is 2. The molecule has 2 N–H and O–H groups in total. The Bertz CT molecular complexity index is 759. The highest BCUT2D eigenvalue weighted by molar-refractivity contribution is 5.79. The van der Waals surface area contributed by atoms with E-state index in [4.69, 9.17) is 14.5 Å². The maximum absolute atomic E-state index is 13.4. The van der Waals surface area contributed by atoms with Gasteiger partial charge in [0.1, 0.15) is 18.2 Å². The van der Waals surface area contributed by atoms with E-state index in [9.17, 15) is 4.39 Å². The number of nitrogens with zero attached hydrogens (tertiary/aromatic N) is 1. The summed E-state index contributed by atoms with van der Waals surface area (Å²) in [4.78, 5) is 4.84. The first kappa shape index (κ1) is 21.1. The maximum Gasteiger partial charge on any atom is 0.191 e. The smallest absolute Gasteiger partial charge is 0.191 e. The second-order valence-corrected chi connectivity index (χ2v) is 7.18. The van der Waals surface area contributed by atoms with Gasteiger partial charge in [-0.25, -0.2) is 4.39 Å². The lowest BCUT2D eigenvalue weighted by Gasteiger charge is -2.36. The number of ether oxygens (including phenoxy) is 2. The van der Waals surface area contributed by atoms with E-state index in [2.05, 4.69) is 10.6 Å². The number of nitrogens with one attached hydrogen (secondary N) is 2. The van der Waals surface area contributed by atoms with Crippen molar-refractivity contribution in [3.05, 3.63) is 66.0 Å². The molecule has 0 radical (unpaired) electrons. The summed E-state index contributed by atoms with van der Waals surface area (Å²) in [5.74, 6) is 1.40. The zero-order chi connectivity index (χ0) is 20.4. The molecule has 0 amide bonds. The first-order valence-electron chi connectivity index (χ1n) is 10.3. The molecule has 0 spiro atoms. The molecule has 0 bridgehead atoms. The molecule has 1 fully saturated rings. The van der Waals surface area contributed by atoms with Crippen molar-refractivity contribution in [1.29, 1.82) is 0 Å². The Morgan fingerprint density at radius 1 is 1.07 bits per heavy atom. The van der Waals surface area contributed by atoms with Gasteiger partial charge in [0.05, 0.1) is 13.1 Å². The van der Waals surface area contributed by atoms with Gasteiger partial charge in [-0.2, -0.15) is 0 Å². The largest absolute Gasteiger partial charge is 0.492 e. The van der Waals surface area contributed by atoms with Crippen LogP contribution in [0.15, 0.2) is 59.6 Å². The number of benzene rings is 2. The molecule has 0 aliphatic carbocycles. The summed E-state index contributed by atoms with van der Waals surface area (Å²) in [7, 11) is 0. The van der Waals surface area contributed by atoms with Gasteiger partial charge in [0.25, 0.3) is 0 Å². The van der Waals surface area contributed by atoms with Crippen LogP contribution in [0.3, 0.4) is 0 Å². The highest BCUT2D eigenvalue weighted by atomic mass is 19.1. The van der Waals surface area contributed by atoms with Crippen LogP contribution in [0.5, 0.6) is 5.75 Å². The lowest BCUT2D eigenvalue weighted by Crippen LogP contribution is -2.42. The number of hydrogen-bond acceptors (Lipinski definition) is 3. The fourth-order valence-corrected chi connectivity index (χ4v) is 3.53. The van der Waals surface area contributed by atoms with Gasteiger partial charge in [-0.05, 0) is 49.6 Å². The Hall–Kier alpha value is -2.60. The van der Waals surface area contributed by atoms with Crippen LogP contribution in [0.2, 0.25) is 0 Å². The molecule has 0 unspecified atom stereocenters. The third kappa shape index (κ3) is 6.19. The van der Waals surface area contributed by atoms with E-state index in [0.29, 0.717) is 32.9 Å². The minimum Gasteiger partial charge on any atom is -0.492 e. The molecule has 156 valence electrons. The second-order valence-electron chi connectivity index (χ2n) is 7.18. The minimum absolute atomic E-state index is 0.130. The Balaban J connectivity index is 1.62. The van der Waals surface area contributed by atoms with E-state index in [0.717, 1.165) is 36.7 Å². The first-order valence-corrected chi connectivity index (χ1v) is 10.3. The van der Waals surface area contributed by atoms with Crippen LogP contribution in [-0.4, -0.2) is 45.4 Å². The van der Waals surface area contributed by atoms with Crippen molar-refractivity contribution in [2.24, 2.45) is 4.99 Å². The van der Waals surface area contributed by atoms with E-state index in [1.165, 1.54) is 12.1 Å². The molecule has 0 saturated carbocycles. The van der Waals surface area contributed by atoms with E-state index in [-0.39, 0.29) is 11.2 Å². The number of para-hydroxylation sites is 1. The summed E-state index contributed by atoms with van der Waals surface area (Å²) in [6.45, 7) is 6.03. The zero-order valence-electron chi connectivity index (χ0n) is 17.0. The third-order valence-electron chi connectivity index (χ3n) is 5.20. The molecule has 6 heteroatoms. The number of halogens is 1. The minimum atomic E-state index is -0.215. The summed E-state index contributed by atoms with van der Waals surface area (Å²) < 4.78 is 24.7. The van der Waals surface area contributed by atoms with Gasteiger partial charge in [-0.1, -0.05) is 30.3 Å². The topological polar surface area (TPSA) is 54.9 Å². The van der Waals surface area contributed by atoms with Crippen LogP contribution < -0.4 is 15.4 Å². The molecule has 2 aromatic carbocycles. The molecular weight excluding hydrogens is 369 g/mol. The van der Waals surface area contributed by atoms with Crippen LogP contribution in [0, 0.1) is 5.82 Å². The maximum atomic E-state index is 13.4. The van der Waals surface area contributed by atoms with Crippen molar-refractivity contribution in [1.82, 2.24) is 10.6 Å². The molecule has 1 aliphatic rings. The van der Waals surface area contributed by atoms with Gasteiger partial charge in [-0.15, -0.1) is 0 Å². The van der Waals surface area contributed by atoms with Crippen molar-refractivity contribution in [3.8, 4) is 5.75 Å². The van der Waals surface area contributed by atoms with Crippen LogP contribution >= 0.6 is 0 Å². The fraction of sp³-hybridized carbons (Fsp3) is 0.435. The summed E-state index contributed by atoms with van der Waals surface area (Å²) in [6, 6.07) is 16.6. The summed E-state index contributed by atoms with van der Waals surface area (Å²) in [5.41, 5.74) is 0.990.